The fraction of sp³-hybridized carbons (Fsp3) is 0.600. The van der Waals surface area contributed by atoms with Crippen molar-refractivity contribution in [3.63, 3.8) is 0 Å². The Morgan fingerprint density at radius 2 is 2.11 bits per heavy atom. The van der Waals surface area contributed by atoms with Gasteiger partial charge >= 0.3 is 0 Å². The van der Waals surface area contributed by atoms with Gasteiger partial charge in [0.1, 0.15) is 0 Å². The fourth-order valence-electron chi connectivity index (χ4n) is 2.87. The summed E-state index contributed by atoms with van der Waals surface area (Å²) in [4.78, 5) is 2.57. The summed E-state index contributed by atoms with van der Waals surface area (Å²) in [5, 5.41) is 3.71. The first-order chi connectivity index (χ1) is 8.65. The zero-order chi connectivity index (χ0) is 12.7. The predicted octanol–water partition coefficient (Wildman–Crippen LogP) is 3.33. The lowest BCUT2D eigenvalue weighted by atomic mass is 10.0. The molecule has 18 heavy (non-hydrogen) atoms. The lowest BCUT2D eigenvalue weighted by Gasteiger charge is -2.40. The molecule has 98 valence electrons. The number of halogens is 1. The molecule has 1 aliphatic carbocycles. The van der Waals surface area contributed by atoms with Crippen LogP contribution < -0.4 is 10.2 Å². The maximum Gasteiger partial charge on any atom is 0.0387 e. The molecule has 2 unspecified atom stereocenters. The molecule has 2 atom stereocenters. The minimum Gasteiger partial charge on any atom is -0.366 e. The Balaban J connectivity index is 1.81. The van der Waals surface area contributed by atoms with Gasteiger partial charge in [-0.2, -0.15) is 0 Å². The third kappa shape index (κ3) is 2.43. The summed E-state index contributed by atoms with van der Waals surface area (Å²) in [6.07, 6.45) is 2.83. The zero-order valence-corrected chi connectivity index (χ0v) is 12.7. The topological polar surface area (TPSA) is 15.3 Å². The Kier molecular flexibility index (Phi) is 3.37. The highest BCUT2D eigenvalue weighted by molar-refractivity contribution is 9.10. The van der Waals surface area contributed by atoms with Crippen LogP contribution in [-0.2, 0) is 0 Å². The number of benzene rings is 1. The maximum absolute atomic E-state index is 3.71. The van der Waals surface area contributed by atoms with E-state index >= 15 is 0 Å². The largest absolute Gasteiger partial charge is 0.366 e. The van der Waals surface area contributed by atoms with E-state index in [1.54, 1.807) is 0 Å². The molecule has 0 aromatic heterocycles. The van der Waals surface area contributed by atoms with Crippen molar-refractivity contribution >= 4 is 21.6 Å². The van der Waals surface area contributed by atoms with Crippen LogP contribution in [0, 0.1) is 12.8 Å². The van der Waals surface area contributed by atoms with Gasteiger partial charge in [0, 0.05) is 35.3 Å². The Labute approximate surface area is 118 Å². The molecular formula is C15H21BrN2. The van der Waals surface area contributed by atoms with Crippen molar-refractivity contribution in [2.45, 2.75) is 38.8 Å². The van der Waals surface area contributed by atoms with Gasteiger partial charge in [-0.1, -0.05) is 15.9 Å². The van der Waals surface area contributed by atoms with Crippen molar-refractivity contribution in [3.8, 4) is 0 Å². The van der Waals surface area contributed by atoms with E-state index < -0.39 is 0 Å². The van der Waals surface area contributed by atoms with Gasteiger partial charge in [0.15, 0.2) is 0 Å². The monoisotopic (exact) mass is 308 g/mol. The van der Waals surface area contributed by atoms with Gasteiger partial charge in [-0.05, 0) is 56.4 Å². The average molecular weight is 309 g/mol. The molecular weight excluding hydrogens is 288 g/mol. The van der Waals surface area contributed by atoms with Crippen LogP contribution in [0.5, 0.6) is 0 Å². The van der Waals surface area contributed by atoms with Crippen LogP contribution in [-0.4, -0.2) is 25.2 Å². The molecule has 1 aliphatic heterocycles. The maximum atomic E-state index is 3.71. The van der Waals surface area contributed by atoms with Crippen LogP contribution >= 0.6 is 15.9 Å². The summed E-state index contributed by atoms with van der Waals surface area (Å²) >= 11 is 3.58. The van der Waals surface area contributed by atoms with E-state index in [2.05, 4.69) is 58.2 Å². The molecule has 2 fully saturated rings. The number of rotatable bonds is 2. The van der Waals surface area contributed by atoms with Crippen molar-refractivity contribution in [3.05, 3.63) is 28.2 Å². The first kappa shape index (κ1) is 12.5. The minimum absolute atomic E-state index is 0.584. The normalized spacial score (nSPS) is 28.5. The first-order valence-corrected chi connectivity index (χ1v) is 7.70. The van der Waals surface area contributed by atoms with E-state index in [1.807, 2.05) is 0 Å². The van der Waals surface area contributed by atoms with Crippen LogP contribution in [0.3, 0.4) is 0 Å². The van der Waals surface area contributed by atoms with Gasteiger partial charge in [0.05, 0.1) is 0 Å². The molecule has 1 aromatic rings. The van der Waals surface area contributed by atoms with Crippen molar-refractivity contribution in [1.82, 2.24) is 5.32 Å². The smallest absolute Gasteiger partial charge is 0.0387 e. The number of aryl methyl sites for hydroxylation is 1. The van der Waals surface area contributed by atoms with Gasteiger partial charge in [-0.25, -0.2) is 0 Å². The number of hydrogen-bond acceptors (Lipinski definition) is 2. The molecule has 0 spiro atoms. The van der Waals surface area contributed by atoms with Gasteiger partial charge in [0.25, 0.3) is 0 Å². The van der Waals surface area contributed by atoms with Crippen molar-refractivity contribution in [2.75, 3.05) is 18.0 Å². The zero-order valence-electron chi connectivity index (χ0n) is 11.1. The third-order valence-electron chi connectivity index (χ3n) is 4.27. The first-order valence-electron chi connectivity index (χ1n) is 6.91. The van der Waals surface area contributed by atoms with Crippen molar-refractivity contribution < 1.29 is 0 Å². The Bertz CT molecular complexity index is 442. The Hall–Kier alpha value is -0.540. The van der Waals surface area contributed by atoms with Crippen LogP contribution in [0.2, 0.25) is 0 Å². The molecule has 2 nitrogen and oxygen atoms in total. The molecule has 1 heterocycles. The molecule has 3 heteroatoms. The second-order valence-electron chi connectivity index (χ2n) is 5.79. The molecule has 1 N–H and O–H groups in total. The Morgan fingerprint density at radius 1 is 1.33 bits per heavy atom. The van der Waals surface area contributed by atoms with E-state index in [4.69, 9.17) is 0 Å². The van der Waals surface area contributed by atoms with Gasteiger partial charge in [-0.15, -0.1) is 0 Å². The summed E-state index contributed by atoms with van der Waals surface area (Å²) in [5.41, 5.74) is 2.69. The summed E-state index contributed by atoms with van der Waals surface area (Å²) < 4.78 is 1.20. The number of piperazine rings is 1. The van der Waals surface area contributed by atoms with Gasteiger partial charge < -0.3 is 10.2 Å². The quantitative estimate of drug-likeness (QED) is 0.901. The fourth-order valence-corrected chi connectivity index (χ4v) is 3.12. The van der Waals surface area contributed by atoms with Crippen LogP contribution in [0.4, 0.5) is 5.69 Å². The number of anilines is 1. The predicted molar refractivity (Wildman–Crippen MR) is 80.2 cm³/mol. The van der Waals surface area contributed by atoms with Crippen molar-refractivity contribution in [2.24, 2.45) is 5.92 Å². The molecule has 3 rings (SSSR count). The summed E-state index contributed by atoms with van der Waals surface area (Å²) in [6, 6.07) is 8.00. The SMILES string of the molecule is Cc1cc(N2CC(C3CC3)NCC2C)ccc1Br. The lowest BCUT2D eigenvalue weighted by molar-refractivity contribution is 0.376. The highest BCUT2D eigenvalue weighted by Gasteiger charge is 2.36. The summed E-state index contributed by atoms with van der Waals surface area (Å²) in [6.45, 7) is 6.75. The summed E-state index contributed by atoms with van der Waals surface area (Å²) in [5.74, 6) is 0.927. The van der Waals surface area contributed by atoms with Crippen LogP contribution in [0.1, 0.15) is 25.3 Å². The third-order valence-corrected chi connectivity index (χ3v) is 5.15. The number of hydrogen-bond donors (Lipinski definition) is 1. The summed E-state index contributed by atoms with van der Waals surface area (Å²) in [7, 11) is 0. The lowest BCUT2D eigenvalue weighted by Crippen LogP contribution is -2.56. The molecule has 1 aromatic carbocycles. The molecule has 1 saturated carbocycles. The average Bonchev–Trinajstić information content (AvgIpc) is 3.18. The molecule has 1 saturated heterocycles. The molecule has 0 bridgehead atoms. The van der Waals surface area contributed by atoms with Crippen LogP contribution in [0.15, 0.2) is 22.7 Å². The second kappa shape index (κ2) is 4.86. The van der Waals surface area contributed by atoms with Crippen LogP contribution in [0.25, 0.3) is 0 Å². The molecule has 0 radical (unpaired) electrons. The highest BCUT2D eigenvalue weighted by atomic mass is 79.9. The standard InChI is InChI=1S/C15H21BrN2/c1-10-7-13(5-6-14(10)16)18-9-15(12-3-4-12)17-8-11(18)2/h5-7,11-12,15,17H,3-4,8-9H2,1-2H3. The van der Waals surface area contributed by atoms with E-state index in [1.165, 1.54) is 28.6 Å². The van der Waals surface area contributed by atoms with E-state index in [9.17, 15) is 0 Å². The molecule has 0 amide bonds. The van der Waals surface area contributed by atoms with Gasteiger partial charge in [-0.3, -0.25) is 0 Å². The van der Waals surface area contributed by atoms with E-state index in [0.29, 0.717) is 12.1 Å². The minimum atomic E-state index is 0.584. The highest BCUT2D eigenvalue weighted by Crippen LogP contribution is 2.35. The van der Waals surface area contributed by atoms with E-state index in [0.717, 1.165) is 19.0 Å². The number of nitrogens with zero attached hydrogens (tertiary/aromatic N) is 1. The Morgan fingerprint density at radius 3 is 2.78 bits per heavy atom. The molecule has 2 aliphatic rings. The number of nitrogens with one attached hydrogen (secondary N) is 1. The second-order valence-corrected chi connectivity index (χ2v) is 6.64. The van der Waals surface area contributed by atoms with Gasteiger partial charge in [0.2, 0.25) is 0 Å². The van der Waals surface area contributed by atoms with Crippen molar-refractivity contribution in [1.29, 1.82) is 0 Å². The van der Waals surface area contributed by atoms with E-state index in [-0.39, 0.29) is 0 Å².